The van der Waals surface area contributed by atoms with Crippen LogP contribution < -0.4 is 14.9 Å². The number of benzene rings is 1. The van der Waals surface area contributed by atoms with Gasteiger partial charge in [-0.15, -0.1) is 0 Å². The minimum absolute atomic E-state index is 0.635. The molecular weight excluding hydrogens is 252 g/mol. The zero-order valence-electron chi connectivity index (χ0n) is 12.6. The molecule has 0 aliphatic rings. The van der Waals surface area contributed by atoms with Gasteiger partial charge in [-0.3, -0.25) is 4.68 Å². The lowest BCUT2D eigenvalue weighted by atomic mass is 10.2. The number of aromatic nitrogens is 1. The fourth-order valence-corrected chi connectivity index (χ4v) is 2.18. The molecule has 2 rings (SSSR count). The van der Waals surface area contributed by atoms with E-state index in [1.54, 1.807) is 7.11 Å². The number of rotatable bonds is 6. The van der Waals surface area contributed by atoms with E-state index in [0.717, 1.165) is 23.6 Å². The molecule has 0 atom stereocenters. The molecule has 1 aromatic carbocycles. The predicted molar refractivity (Wildman–Crippen MR) is 81.1 cm³/mol. The van der Waals surface area contributed by atoms with E-state index in [1.165, 1.54) is 11.4 Å². The molecule has 0 unspecified atom stereocenters. The van der Waals surface area contributed by atoms with Crippen LogP contribution in [0.25, 0.3) is 0 Å². The second-order valence-corrected chi connectivity index (χ2v) is 4.70. The molecule has 0 spiro atoms. The number of methoxy groups -OCH3 is 1. The third kappa shape index (κ3) is 3.07. The summed E-state index contributed by atoms with van der Waals surface area (Å²) in [7, 11) is 1.66. The molecule has 0 amide bonds. The van der Waals surface area contributed by atoms with Crippen LogP contribution in [0.15, 0.2) is 30.3 Å². The van der Waals surface area contributed by atoms with Gasteiger partial charge in [0.1, 0.15) is 0 Å². The normalized spacial score (nSPS) is 10.4. The molecule has 0 bridgehead atoms. The number of hydrogen-bond donors (Lipinski definition) is 1. The maximum Gasteiger partial charge on any atom is 0.161 e. The van der Waals surface area contributed by atoms with Crippen molar-refractivity contribution < 1.29 is 9.47 Å². The fourth-order valence-electron chi connectivity index (χ4n) is 2.18. The highest BCUT2D eigenvalue weighted by molar-refractivity contribution is 5.43. The summed E-state index contributed by atoms with van der Waals surface area (Å²) in [6, 6.07) is 10.2. The summed E-state index contributed by atoms with van der Waals surface area (Å²) < 4.78 is 13.0. The minimum atomic E-state index is 0.635. The first kappa shape index (κ1) is 14.3. The molecule has 4 heteroatoms. The lowest BCUT2D eigenvalue weighted by Crippen LogP contribution is -2.16. The average molecular weight is 274 g/mol. The Kier molecular flexibility index (Phi) is 4.56. The highest BCUT2D eigenvalue weighted by atomic mass is 16.5. The first-order valence-electron chi connectivity index (χ1n) is 6.84. The Hall–Kier alpha value is -2.10. The van der Waals surface area contributed by atoms with Crippen LogP contribution in [0.4, 0.5) is 0 Å². The van der Waals surface area contributed by atoms with E-state index < -0.39 is 0 Å². The smallest absolute Gasteiger partial charge is 0.161 e. The van der Waals surface area contributed by atoms with Crippen molar-refractivity contribution in [3.05, 3.63) is 47.3 Å². The van der Waals surface area contributed by atoms with Gasteiger partial charge in [-0.25, -0.2) is 0 Å². The largest absolute Gasteiger partial charge is 0.493 e. The molecule has 0 fully saturated rings. The summed E-state index contributed by atoms with van der Waals surface area (Å²) in [5, 5.41) is 0. The van der Waals surface area contributed by atoms with Gasteiger partial charge in [0.15, 0.2) is 11.5 Å². The Morgan fingerprint density at radius 3 is 2.35 bits per heavy atom. The van der Waals surface area contributed by atoms with E-state index >= 15 is 0 Å². The second-order valence-electron chi connectivity index (χ2n) is 4.70. The number of aryl methyl sites for hydroxylation is 2. The highest BCUT2D eigenvalue weighted by Crippen LogP contribution is 2.28. The first-order valence-corrected chi connectivity index (χ1v) is 6.84. The quantitative estimate of drug-likeness (QED) is 0.878. The molecule has 0 aliphatic carbocycles. The third-order valence-corrected chi connectivity index (χ3v) is 3.24. The molecule has 1 N–H and O–H groups in total. The van der Waals surface area contributed by atoms with Gasteiger partial charge >= 0.3 is 0 Å². The summed E-state index contributed by atoms with van der Waals surface area (Å²) in [4.78, 5) is 0. The van der Waals surface area contributed by atoms with Crippen LogP contribution in [0.2, 0.25) is 0 Å². The summed E-state index contributed by atoms with van der Waals surface area (Å²) >= 11 is 0. The Morgan fingerprint density at radius 2 is 1.75 bits per heavy atom. The molecule has 4 nitrogen and oxygen atoms in total. The van der Waals surface area contributed by atoms with Crippen LogP contribution in [0, 0.1) is 13.8 Å². The lowest BCUT2D eigenvalue weighted by Gasteiger charge is -2.14. The number of hydrogen-bond acceptors (Lipinski definition) is 3. The van der Waals surface area contributed by atoms with Crippen molar-refractivity contribution in [3.8, 4) is 11.5 Å². The van der Waals surface area contributed by atoms with Gasteiger partial charge in [0, 0.05) is 11.4 Å². The van der Waals surface area contributed by atoms with Crippen LogP contribution in [-0.2, 0) is 6.54 Å². The van der Waals surface area contributed by atoms with Crippen LogP contribution in [0.1, 0.15) is 23.9 Å². The zero-order valence-corrected chi connectivity index (χ0v) is 12.6. The van der Waals surface area contributed by atoms with E-state index in [9.17, 15) is 0 Å². The van der Waals surface area contributed by atoms with Gasteiger partial charge in [-0.2, -0.15) is 0 Å². The average Bonchev–Trinajstić information content (AvgIpc) is 2.77. The lowest BCUT2D eigenvalue weighted by molar-refractivity contribution is 0.310. The van der Waals surface area contributed by atoms with Gasteiger partial charge in [0.05, 0.1) is 20.3 Å². The minimum Gasteiger partial charge on any atom is -0.493 e. The molecule has 108 valence electrons. The number of nitrogens with one attached hydrogen (secondary N) is 1. The Morgan fingerprint density at radius 1 is 1.05 bits per heavy atom. The zero-order chi connectivity index (χ0) is 14.5. The van der Waals surface area contributed by atoms with Crippen LogP contribution in [0.5, 0.6) is 11.5 Å². The van der Waals surface area contributed by atoms with E-state index in [0.29, 0.717) is 6.61 Å². The maximum absolute atomic E-state index is 5.52. The monoisotopic (exact) mass is 274 g/mol. The molecule has 1 aromatic heterocycles. The van der Waals surface area contributed by atoms with Crippen LogP contribution in [-0.4, -0.2) is 18.4 Å². The Balaban J connectivity index is 2.10. The van der Waals surface area contributed by atoms with Crippen molar-refractivity contribution in [1.29, 1.82) is 0 Å². The van der Waals surface area contributed by atoms with Gasteiger partial charge < -0.3 is 14.9 Å². The topological polar surface area (TPSA) is 35.4 Å². The first-order chi connectivity index (χ1) is 9.65. The van der Waals surface area contributed by atoms with Crippen molar-refractivity contribution in [2.45, 2.75) is 27.3 Å². The Labute approximate surface area is 120 Å². The van der Waals surface area contributed by atoms with Gasteiger partial charge in [0.2, 0.25) is 0 Å². The van der Waals surface area contributed by atoms with E-state index in [-0.39, 0.29) is 0 Å². The van der Waals surface area contributed by atoms with Crippen LogP contribution >= 0.6 is 0 Å². The molecule has 2 aromatic rings. The number of ether oxygens (including phenoxy) is 2. The maximum atomic E-state index is 5.52. The molecule has 0 saturated heterocycles. The molecule has 1 heterocycles. The summed E-state index contributed by atoms with van der Waals surface area (Å²) in [5.74, 6) is 1.55. The summed E-state index contributed by atoms with van der Waals surface area (Å²) in [6.45, 7) is 7.50. The van der Waals surface area contributed by atoms with E-state index in [1.807, 2.05) is 19.1 Å². The standard InChI is InChI=1S/C16H22N2O2/c1-5-20-15-9-8-14(10-16(15)19-4)11-17-18-12(2)6-7-13(18)3/h6-10,17H,5,11H2,1-4H3. The number of nitrogens with zero attached hydrogens (tertiary/aromatic N) is 1. The van der Waals surface area contributed by atoms with Gasteiger partial charge in [0.25, 0.3) is 0 Å². The highest BCUT2D eigenvalue weighted by Gasteiger charge is 2.06. The van der Waals surface area contributed by atoms with Crippen molar-refractivity contribution in [1.82, 2.24) is 4.68 Å². The third-order valence-electron chi connectivity index (χ3n) is 3.24. The molecular formula is C16H22N2O2. The van der Waals surface area contributed by atoms with Crippen molar-refractivity contribution in [2.75, 3.05) is 19.1 Å². The molecule has 20 heavy (non-hydrogen) atoms. The van der Waals surface area contributed by atoms with Crippen molar-refractivity contribution in [2.24, 2.45) is 0 Å². The summed E-state index contributed by atoms with van der Waals surface area (Å²) in [5.41, 5.74) is 6.94. The Bertz CT molecular complexity index is 556. The van der Waals surface area contributed by atoms with E-state index in [4.69, 9.17) is 9.47 Å². The van der Waals surface area contributed by atoms with Crippen molar-refractivity contribution in [3.63, 3.8) is 0 Å². The van der Waals surface area contributed by atoms with Crippen LogP contribution in [0.3, 0.4) is 0 Å². The fraction of sp³-hybridized carbons (Fsp3) is 0.375. The molecule has 0 saturated carbocycles. The SMILES string of the molecule is CCOc1ccc(CNn2c(C)ccc2C)cc1OC. The molecule has 0 aliphatic heterocycles. The predicted octanol–water partition coefficient (Wildman–Crippen LogP) is 3.26. The van der Waals surface area contributed by atoms with Gasteiger partial charge in [-0.1, -0.05) is 6.07 Å². The van der Waals surface area contributed by atoms with E-state index in [2.05, 4.69) is 42.1 Å². The van der Waals surface area contributed by atoms with Crippen molar-refractivity contribution >= 4 is 0 Å². The molecule has 0 radical (unpaired) electrons. The summed E-state index contributed by atoms with van der Waals surface area (Å²) in [6.07, 6.45) is 0. The second kappa shape index (κ2) is 6.37. The van der Waals surface area contributed by atoms with Gasteiger partial charge in [-0.05, 0) is 50.6 Å².